The largest absolute Gasteiger partial charge is 0.462 e. The summed E-state index contributed by atoms with van der Waals surface area (Å²) in [6.07, 6.45) is 88.4. The molecule has 6 nitrogen and oxygen atoms in total. The van der Waals surface area contributed by atoms with Gasteiger partial charge >= 0.3 is 17.9 Å². The minimum Gasteiger partial charge on any atom is -0.462 e. The van der Waals surface area contributed by atoms with Crippen molar-refractivity contribution in [3.05, 3.63) is 24.3 Å². The van der Waals surface area contributed by atoms with Gasteiger partial charge in [0.05, 0.1) is 0 Å². The lowest BCUT2D eigenvalue weighted by molar-refractivity contribution is -0.167. The molecule has 0 rings (SSSR count). The minimum absolute atomic E-state index is 0.0643. The summed E-state index contributed by atoms with van der Waals surface area (Å²) in [5.74, 6) is -0.839. The number of esters is 3. The average molecular weight is 1150 g/mol. The molecule has 82 heavy (non-hydrogen) atoms. The van der Waals surface area contributed by atoms with E-state index in [0.717, 1.165) is 64.2 Å². The minimum atomic E-state index is -0.765. The van der Waals surface area contributed by atoms with Gasteiger partial charge in [-0.15, -0.1) is 0 Å². The quantitative estimate of drug-likeness (QED) is 0.0261. The summed E-state index contributed by atoms with van der Waals surface area (Å²) in [6, 6.07) is 0. The molecule has 0 saturated heterocycles. The third kappa shape index (κ3) is 68.7. The second kappa shape index (κ2) is 71.4. The van der Waals surface area contributed by atoms with Gasteiger partial charge in [-0.2, -0.15) is 0 Å². The number of carbonyl (C=O) groups is 3. The van der Waals surface area contributed by atoms with E-state index in [1.54, 1.807) is 0 Å². The third-order valence-corrected chi connectivity index (χ3v) is 17.2. The summed E-state index contributed by atoms with van der Waals surface area (Å²) >= 11 is 0. The van der Waals surface area contributed by atoms with Crippen molar-refractivity contribution >= 4 is 17.9 Å². The van der Waals surface area contributed by atoms with E-state index in [1.165, 1.54) is 321 Å². The van der Waals surface area contributed by atoms with Gasteiger partial charge in [0.15, 0.2) is 6.10 Å². The SMILES string of the molecule is CCCCCCC/C=C\C/C=C\CCCCCCCCCCCCCCCCCCCC(=O)OCC(COC(=O)CCCCCCCCC)OC(=O)CCCCCCCCCCCCCCCCCCCCCCCCCCCCCC. The van der Waals surface area contributed by atoms with E-state index in [9.17, 15) is 14.4 Å². The average Bonchev–Trinajstić information content (AvgIpc) is 3.48. The van der Waals surface area contributed by atoms with E-state index in [-0.39, 0.29) is 31.1 Å². The molecular formula is C76H144O6. The van der Waals surface area contributed by atoms with Crippen molar-refractivity contribution in [2.75, 3.05) is 13.2 Å². The smallest absolute Gasteiger partial charge is 0.306 e. The maximum absolute atomic E-state index is 12.9. The Kier molecular flexibility index (Phi) is 69.5. The predicted molar refractivity (Wildman–Crippen MR) is 358 cm³/mol. The zero-order valence-corrected chi connectivity index (χ0v) is 55.8. The van der Waals surface area contributed by atoms with Gasteiger partial charge in [0.1, 0.15) is 13.2 Å². The van der Waals surface area contributed by atoms with Crippen molar-refractivity contribution in [2.24, 2.45) is 0 Å². The van der Waals surface area contributed by atoms with Gasteiger partial charge in [-0.05, 0) is 51.4 Å². The van der Waals surface area contributed by atoms with Crippen molar-refractivity contribution in [1.29, 1.82) is 0 Å². The number of hydrogen-bond donors (Lipinski definition) is 0. The molecule has 0 N–H and O–H groups in total. The van der Waals surface area contributed by atoms with E-state index < -0.39 is 6.10 Å². The van der Waals surface area contributed by atoms with E-state index in [1.807, 2.05) is 0 Å². The molecule has 0 bridgehead atoms. The first-order chi connectivity index (χ1) is 40.5. The third-order valence-electron chi connectivity index (χ3n) is 17.2. The van der Waals surface area contributed by atoms with Crippen LogP contribution in [0.2, 0.25) is 0 Å². The van der Waals surface area contributed by atoms with E-state index in [4.69, 9.17) is 14.2 Å². The van der Waals surface area contributed by atoms with Crippen LogP contribution in [0.1, 0.15) is 425 Å². The van der Waals surface area contributed by atoms with Crippen LogP contribution in [0.5, 0.6) is 0 Å². The maximum atomic E-state index is 12.9. The van der Waals surface area contributed by atoms with Crippen LogP contribution >= 0.6 is 0 Å². The number of unbranched alkanes of at least 4 members (excludes halogenated alkanes) is 55. The fraction of sp³-hybridized carbons (Fsp3) is 0.908. The first-order valence-corrected chi connectivity index (χ1v) is 37.3. The molecule has 0 aliphatic rings. The molecule has 0 aromatic carbocycles. The molecule has 0 amide bonds. The standard InChI is InChI=1S/C76H144O6/c1-4-7-10-13-16-18-20-22-24-26-28-30-32-34-36-38-40-41-43-45-47-49-51-53-55-57-60-63-66-69-75(78)81-72-73(71-80-74(77)68-65-62-59-15-12-9-6-3)82-76(79)70-67-64-61-58-56-54-52-50-48-46-44-42-39-37-35-33-31-29-27-25-23-21-19-17-14-11-8-5-2/h20,22,26,28,73H,4-19,21,23-25,27,29-72H2,1-3H3/b22-20-,28-26-. The Hall–Kier alpha value is -2.11. The van der Waals surface area contributed by atoms with Crippen LogP contribution in [-0.2, 0) is 28.6 Å². The summed E-state index contributed by atoms with van der Waals surface area (Å²) in [5, 5.41) is 0. The van der Waals surface area contributed by atoms with Gasteiger partial charge in [0.25, 0.3) is 0 Å². The lowest BCUT2D eigenvalue weighted by Crippen LogP contribution is -2.30. The fourth-order valence-corrected chi connectivity index (χ4v) is 11.6. The molecule has 0 aliphatic carbocycles. The second-order valence-corrected chi connectivity index (χ2v) is 25.6. The Bertz CT molecular complexity index is 1320. The first-order valence-electron chi connectivity index (χ1n) is 37.3. The Morgan fingerprint density at radius 1 is 0.244 bits per heavy atom. The Morgan fingerprint density at radius 2 is 0.439 bits per heavy atom. The highest BCUT2D eigenvalue weighted by molar-refractivity contribution is 5.71. The Balaban J connectivity index is 3.98. The number of hydrogen-bond acceptors (Lipinski definition) is 6. The molecule has 0 heterocycles. The van der Waals surface area contributed by atoms with Gasteiger partial charge in [-0.25, -0.2) is 0 Å². The molecule has 484 valence electrons. The van der Waals surface area contributed by atoms with E-state index >= 15 is 0 Å². The molecule has 1 atom stereocenters. The van der Waals surface area contributed by atoms with Crippen molar-refractivity contribution in [1.82, 2.24) is 0 Å². The van der Waals surface area contributed by atoms with Crippen LogP contribution in [0, 0.1) is 0 Å². The first kappa shape index (κ1) is 79.9. The molecule has 0 radical (unpaired) electrons. The summed E-state index contributed by atoms with van der Waals surface area (Å²) < 4.78 is 16.9. The highest BCUT2D eigenvalue weighted by atomic mass is 16.6. The lowest BCUT2D eigenvalue weighted by Gasteiger charge is -2.18. The van der Waals surface area contributed by atoms with Gasteiger partial charge in [0, 0.05) is 19.3 Å². The van der Waals surface area contributed by atoms with Crippen LogP contribution in [0.4, 0.5) is 0 Å². The summed E-state index contributed by atoms with van der Waals surface area (Å²) in [7, 11) is 0. The van der Waals surface area contributed by atoms with Crippen molar-refractivity contribution in [2.45, 2.75) is 431 Å². The highest BCUT2D eigenvalue weighted by Crippen LogP contribution is 2.19. The monoisotopic (exact) mass is 1150 g/mol. The van der Waals surface area contributed by atoms with Crippen LogP contribution < -0.4 is 0 Å². The normalized spacial score (nSPS) is 12.1. The molecule has 0 aromatic rings. The maximum Gasteiger partial charge on any atom is 0.306 e. The number of rotatable bonds is 70. The lowest BCUT2D eigenvalue weighted by atomic mass is 10.0. The molecular weight excluding hydrogens is 1010 g/mol. The fourth-order valence-electron chi connectivity index (χ4n) is 11.6. The van der Waals surface area contributed by atoms with Gasteiger partial charge in [-0.3, -0.25) is 14.4 Å². The summed E-state index contributed by atoms with van der Waals surface area (Å²) in [4.78, 5) is 38.2. The molecule has 1 unspecified atom stereocenters. The molecule has 0 spiro atoms. The zero-order chi connectivity index (χ0) is 59.2. The van der Waals surface area contributed by atoms with Gasteiger partial charge < -0.3 is 14.2 Å². The Labute approximate surface area is 513 Å². The molecule has 6 heteroatoms. The van der Waals surface area contributed by atoms with Gasteiger partial charge in [0.2, 0.25) is 0 Å². The van der Waals surface area contributed by atoms with Crippen molar-refractivity contribution in [3.8, 4) is 0 Å². The van der Waals surface area contributed by atoms with Crippen LogP contribution in [0.3, 0.4) is 0 Å². The molecule has 0 fully saturated rings. The van der Waals surface area contributed by atoms with Crippen LogP contribution in [-0.4, -0.2) is 37.2 Å². The second-order valence-electron chi connectivity index (χ2n) is 25.6. The number of carbonyl (C=O) groups excluding carboxylic acids is 3. The molecule has 0 saturated carbocycles. The van der Waals surface area contributed by atoms with E-state index in [0.29, 0.717) is 19.3 Å². The molecule has 0 aromatic heterocycles. The molecule has 0 aliphatic heterocycles. The highest BCUT2D eigenvalue weighted by Gasteiger charge is 2.20. The number of ether oxygens (including phenoxy) is 3. The van der Waals surface area contributed by atoms with Crippen LogP contribution in [0.15, 0.2) is 24.3 Å². The van der Waals surface area contributed by atoms with Gasteiger partial charge in [-0.1, -0.05) is 379 Å². The summed E-state index contributed by atoms with van der Waals surface area (Å²) in [5.41, 5.74) is 0. The van der Waals surface area contributed by atoms with Crippen molar-refractivity contribution in [3.63, 3.8) is 0 Å². The van der Waals surface area contributed by atoms with Crippen molar-refractivity contribution < 1.29 is 28.6 Å². The summed E-state index contributed by atoms with van der Waals surface area (Å²) in [6.45, 7) is 6.67. The van der Waals surface area contributed by atoms with E-state index in [2.05, 4.69) is 45.1 Å². The predicted octanol–water partition coefficient (Wildman–Crippen LogP) is 25.7. The topological polar surface area (TPSA) is 78.9 Å². The zero-order valence-electron chi connectivity index (χ0n) is 55.8. The number of allylic oxidation sites excluding steroid dienone is 4. The Morgan fingerprint density at radius 3 is 0.671 bits per heavy atom. The van der Waals surface area contributed by atoms with Crippen LogP contribution in [0.25, 0.3) is 0 Å².